The Morgan fingerprint density at radius 1 is 1.47 bits per heavy atom. The quantitative estimate of drug-likeness (QED) is 0.794. The molecule has 3 heteroatoms. The standard InChI is InChI=1S/C14H28N2O/c1-5-14(3)10-16(11(2)9-17-4)13(8-15-14)12-6-7-12/h11-13,15H,5-10H2,1-4H3. The molecule has 3 atom stereocenters. The van der Waals surface area contributed by atoms with E-state index in [1.165, 1.54) is 19.3 Å². The van der Waals surface area contributed by atoms with Crippen molar-refractivity contribution in [1.29, 1.82) is 0 Å². The molecule has 1 saturated carbocycles. The van der Waals surface area contributed by atoms with Crippen molar-refractivity contribution in [1.82, 2.24) is 10.2 Å². The Hall–Kier alpha value is -0.120. The topological polar surface area (TPSA) is 24.5 Å². The van der Waals surface area contributed by atoms with E-state index < -0.39 is 0 Å². The van der Waals surface area contributed by atoms with Crippen molar-refractivity contribution in [3.63, 3.8) is 0 Å². The molecule has 2 rings (SSSR count). The van der Waals surface area contributed by atoms with Gasteiger partial charge in [0.2, 0.25) is 0 Å². The molecule has 1 saturated heterocycles. The van der Waals surface area contributed by atoms with Gasteiger partial charge < -0.3 is 10.1 Å². The minimum absolute atomic E-state index is 0.285. The number of rotatable bonds is 5. The molecule has 1 aliphatic heterocycles. The third kappa shape index (κ3) is 3.01. The van der Waals surface area contributed by atoms with E-state index >= 15 is 0 Å². The van der Waals surface area contributed by atoms with Crippen LogP contribution in [-0.4, -0.2) is 49.3 Å². The Kier molecular flexibility index (Phi) is 4.11. The van der Waals surface area contributed by atoms with Crippen LogP contribution in [0.15, 0.2) is 0 Å². The summed E-state index contributed by atoms with van der Waals surface area (Å²) in [5.74, 6) is 0.934. The Labute approximate surface area is 106 Å². The zero-order chi connectivity index (χ0) is 12.5. The first-order chi connectivity index (χ1) is 8.09. The van der Waals surface area contributed by atoms with Crippen LogP contribution in [0.2, 0.25) is 0 Å². The number of methoxy groups -OCH3 is 1. The molecule has 3 nitrogen and oxygen atoms in total. The van der Waals surface area contributed by atoms with Gasteiger partial charge in [0.1, 0.15) is 0 Å². The summed E-state index contributed by atoms with van der Waals surface area (Å²) in [6.07, 6.45) is 4.04. The number of piperazine rings is 1. The highest BCUT2D eigenvalue weighted by molar-refractivity contribution is 5.01. The van der Waals surface area contributed by atoms with Crippen LogP contribution in [0, 0.1) is 5.92 Å². The van der Waals surface area contributed by atoms with Crippen LogP contribution >= 0.6 is 0 Å². The van der Waals surface area contributed by atoms with Crippen molar-refractivity contribution in [2.24, 2.45) is 5.92 Å². The molecule has 0 aromatic heterocycles. The van der Waals surface area contributed by atoms with E-state index in [9.17, 15) is 0 Å². The minimum atomic E-state index is 0.285. The van der Waals surface area contributed by atoms with Gasteiger partial charge in [0.25, 0.3) is 0 Å². The van der Waals surface area contributed by atoms with Crippen molar-refractivity contribution in [2.75, 3.05) is 26.8 Å². The van der Waals surface area contributed by atoms with E-state index in [2.05, 4.69) is 31.0 Å². The zero-order valence-electron chi connectivity index (χ0n) is 11.8. The first kappa shape index (κ1) is 13.3. The molecule has 0 aromatic carbocycles. The lowest BCUT2D eigenvalue weighted by Crippen LogP contribution is -2.65. The summed E-state index contributed by atoms with van der Waals surface area (Å²) in [7, 11) is 1.81. The predicted octanol–water partition coefficient (Wildman–Crippen LogP) is 1.87. The lowest BCUT2D eigenvalue weighted by atomic mass is 9.91. The van der Waals surface area contributed by atoms with Gasteiger partial charge in [-0.15, -0.1) is 0 Å². The third-order valence-corrected chi connectivity index (χ3v) is 4.62. The van der Waals surface area contributed by atoms with E-state index in [1.807, 2.05) is 7.11 Å². The highest BCUT2D eigenvalue weighted by atomic mass is 16.5. The summed E-state index contributed by atoms with van der Waals surface area (Å²) in [5, 5.41) is 3.76. The van der Waals surface area contributed by atoms with Crippen LogP contribution in [0.1, 0.15) is 40.0 Å². The lowest BCUT2D eigenvalue weighted by molar-refractivity contribution is 0.0103. The van der Waals surface area contributed by atoms with Crippen LogP contribution < -0.4 is 5.32 Å². The number of hydrogen-bond donors (Lipinski definition) is 1. The van der Waals surface area contributed by atoms with E-state index in [0.717, 1.165) is 31.7 Å². The summed E-state index contributed by atoms with van der Waals surface area (Å²) < 4.78 is 5.35. The number of nitrogens with zero attached hydrogens (tertiary/aromatic N) is 1. The molecule has 0 amide bonds. The van der Waals surface area contributed by atoms with E-state index in [1.54, 1.807) is 0 Å². The molecule has 17 heavy (non-hydrogen) atoms. The van der Waals surface area contributed by atoms with Crippen molar-refractivity contribution in [3.8, 4) is 0 Å². The second-order valence-electron chi connectivity index (χ2n) is 6.18. The molecule has 1 heterocycles. The summed E-state index contributed by atoms with van der Waals surface area (Å²) >= 11 is 0. The average molecular weight is 240 g/mol. The lowest BCUT2D eigenvalue weighted by Gasteiger charge is -2.48. The third-order valence-electron chi connectivity index (χ3n) is 4.62. The molecule has 0 aromatic rings. The predicted molar refractivity (Wildman–Crippen MR) is 71.3 cm³/mol. The second-order valence-corrected chi connectivity index (χ2v) is 6.18. The van der Waals surface area contributed by atoms with Crippen molar-refractivity contribution in [2.45, 2.75) is 57.7 Å². The maximum Gasteiger partial charge on any atom is 0.0615 e. The number of hydrogen-bond acceptors (Lipinski definition) is 3. The van der Waals surface area contributed by atoms with Crippen LogP contribution in [0.5, 0.6) is 0 Å². The minimum Gasteiger partial charge on any atom is -0.383 e. The maximum atomic E-state index is 5.35. The summed E-state index contributed by atoms with van der Waals surface area (Å²) in [4.78, 5) is 2.70. The van der Waals surface area contributed by atoms with Gasteiger partial charge in [0.15, 0.2) is 0 Å². The molecule has 100 valence electrons. The fourth-order valence-electron chi connectivity index (χ4n) is 3.02. The SMILES string of the molecule is CCC1(C)CN(C(C)COC)C(C2CC2)CN1. The van der Waals surface area contributed by atoms with Gasteiger partial charge >= 0.3 is 0 Å². The molecular weight excluding hydrogens is 212 g/mol. The summed E-state index contributed by atoms with van der Waals surface area (Å²) in [6.45, 7) is 10.1. The normalized spacial score (nSPS) is 37.1. The molecule has 0 spiro atoms. The first-order valence-electron chi connectivity index (χ1n) is 7.09. The van der Waals surface area contributed by atoms with Gasteiger partial charge in [-0.2, -0.15) is 0 Å². The van der Waals surface area contributed by atoms with Crippen molar-refractivity contribution >= 4 is 0 Å². The molecular formula is C14H28N2O. The maximum absolute atomic E-state index is 5.35. The van der Waals surface area contributed by atoms with Gasteiger partial charge in [-0.3, -0.25) is 4.90 Å². The fraction of sp³-hybridized carbons (Fsp3) is 1.00. The van der Waals surface area contributed by atoms with Gasteiger partial charge in [-0.25, -0.2) is 0 Å². The van der Waals surface area contributed by atoms with Crippen LogP contribution in [0.25, 0.3) is 0 Å². The van der Waals surface area contributed by atoms with E-state index in [4.69, 9.17) is 4.74 Å². The van der Waals surface area contributed by atoms with Crippen LogP contribution in [-0.2, 0) is 4.74 Å². The van der Waals surface area contributed by atoms with Gasteiger partial charge in [0.05, 0.1) is 6.61 Å². The molecule has 0 radical (unpaired) electrons. The number of ether oxygens (including phenoxy) is 1. The van der Waals surface area contributed by atoms with Crippen LogP contribution in [0.3, 0.4) is 0 Å². The molecule has 1 aliphatic carbocycles. The van der Waals surface area contributed by atoms with E-state index in [-0.39, 0.29) is 5.54 Å². The van der Waals surface area contributed by atoms with Gasteiger partial charge in [-0.05, 0) is 39.0 Å². The molecule has 0 bridgehead atoms. The monoisotopic (exact) mass is 240 g/mol. The zero-order valence-corrected chi connectivity index (χ0v) is 11.8. The Morgan fingerprint density at radius 3 is 2.71 bits per heavy atom. The Balaban J connectivity index is 2.03. The van der Waals surface area contributed by atoms with E-state index in [0.29, 0.717) is 6.04 Å². The van der Waals surface area contributed by atoms with Crippen molar-refractivity contribution in [3.05, 3.63) is 0 Å². The Morgan fingerprint density at radius 2 is 2.18 bits per heavy atom. The molecule has 2 fully saturated rings. The van der Waals surface area contributed by atoms with Gasteiger partial charge in [0, 0.05) is 37.8 Å². The van der Waals surface area contributed by atoms with Gasteiger partial charge in [-0.1, -0.05) is 6.92 Å². The van der Waals surface area contributed by atoms with Crippen LogP contribution in [0.4, 0.5) is 0 Å². The molecule has 3 unspecified atom stereocenters. The fourth-order valence-corrected chi connectivity index (χ4v) is 3.02. The summed E-state index contributed by atoms with van der Waals surface area (Å²) in [5.41, 5.74) is 0.285. The average Bonchev–Trinajstić information content (AvgIpc) is 3.13. The van der Waals surface area contributed by atoms with Crippen molar-refractivity contribution < 1.29 is 4.74 Å². The Bertz CT molecular complexity index is 255. The highest BCUT2D eigenvalue weighted by Gasteiger charge is 2.43. The number of nitrogens with one attached hydrogen (secondary N) is 1. The smallest absolute Gasteiger partial charge is 0.0615 e. The first-order valence-corrected chi connectivity index (χ1v) is 7.09. The summed E-state index contributed by atoms with van der Waals surface area (Å²) in [6, 6.07) is 1.28. The largest absolute Gasteiger partial charge is 0.383 e. The molecule has 1 N–H and O–H groups in total. The highest BCUT2D eigenvalue weighted by Crippen LogP contribution is 2.38. The second kappa shape index (κ2) is 5.25. The molecule has 2 aliphatic rings.